The molecule has 0 spiro atoms. The molecule has 1 amide bonds. The molecule has 7 nitrogen and oxygen atoms in total. The average Bonchev–Trinajstić information content (AvgIpc) is 2.58. The molecule has 25 heavy (non-hydrogen) atoms. The number of carbonyl (C=O) groups is 2. The molecular weight excluding hydrogens is 326 g/mol. The van der Waals surface area contributed by atoms with E-state index in [0.29, 0.717) is 17.6 Å². The first-order valence-corrected chi connectivity index (χ1v) is 7.92. The van der Waals surface area contributed by atoms with E-state index in [9.17, 15) is 24.9 Å². The van der Waals surface area contributed by atoms with Crippen molar-refractivity contribution in [1.29, 1.82) is 0 Å². The second-order valence-electron chi connectivity index (χ2n) is 5.81. The zero-order valence-electron chi connectivity index (χ0n) is 14.4. The van der Waals surface area contributed by atoms with Crippen molar-refractivity contribution in [3.63, 3.8) is 0 Å². The molecule has 1 aromatic rings. The van der Waals surface area contributed by atoms with Gasteiger partial charge in [-0.05, 0) is 24.1 Å². The number of amides is 1. The van der Waals surface area contributed by atoms with Gasteiger partial charge in [0, 0.05) is 6.42 Å². The van der Waals surface area contributed by atoms with E-state index in [0.717, 1.165) is 0 Å². The van der Waals surface area contributed by atoms with Crippen LogP contribution in [0.15, 0.2) is 30.9 Å². The van der Waals surface area contributed by atoms with Crippen molar-refractivity contribution in [3.05, 3.63) is 36.4 Å². The van der Waals surface area contributed by atoms with Gasteiger partial charge in [-0.15, -0.1) is 6.58 Å². The number of hydrogen-bond donors (Lipinski definition) is 4. The van der Waals surface area contributed by atoms with Crippen molar-refractivity contribution < 1.29 is 29.6 Å². The number of aliphatic hydroxyl groups is 2. The van der Waals surface area contributed by atoms with E-state index < -0.39 is 30.1 Å². The van der Waals surface area contributed by atoms with Crippen LogP contribution < -0.4 is 10.1 Å². The number of hydrogen-bond acceptors (Lipinski definition) is 6. The molecule has 7 heteroatoms. The predicted molar refractivity (Wildman–Crippen MR) is 92.3 cm³/mol. The van der Waals surface area contributed by atoms with Gasteiger partial charge in [-0.2, -0.15) is 0 Å². The largest absolute Gasteiger partial charge is 0.504 e. The third-order valence-corrected chi connectivity index (χ3v) is 3.99. The number of nitrogens with one attached hydrogen (secondary N) is 1. The maximum atomic E-state index is 12.2. The van der Waals surface area contributed by atoms with E-state index >= 15 is 0 Å². The summed E-state index contributed by atoms with van der Waals surface area (Å²) >= 11 is 0. The van der Waals surface area contributed by atoms with Gasteiger partial charge in [0.25, 0.3) is 0 Å². The molecule has 0 aliphatic carbocycles. The van der Waals surface area contributed by atoms with Gasteiger partial charge < -0.3 is 30.2 Å². The lowest BCUT2D eigenvalue weighted by Crippen LogP contribution is -2.46. The molecule has 0 aliphatic heterocycles. The van der Waals surface area contributed by atoms with Gasteiger partial charge in [0.05, 0.1) is 31.3 Å². The van der Waals surface area contributed by atoms with Crippen LogP contribution in [0.5, 0.6) is 11.5 Å². The number of ether oxygens (including phenoxy) is 1. The van der Waals surface area contributed by atoms with Crippen LogP contribution in [0.1, 0.15) is 18.9 Å². The Morgan fingerprint density at radius 3 is 2.56 bits per heavy atom. The molecule has 4 atom stereocenters. The molecule has 1 rings (SSSR count). The number of benzene rings is 1. The molecule has 0 fully saturated rings. The Kier molecular flexibility index (Phi) is 8.10. The van der Waals surface area contributed by atoms with Gasteiger partial charge in [0.15, 0.2) is 11.5 Å². The Hall–Kier alpha value is -2.38. The predicted octanol–water partition coefficient (Wildman–Crippen LogP) is 0.561. The molecule has 0 saturated carbocycles. The first-order chi connectivity index (χ1) is 11.8. The lowest BCUT2D eigenvalue weighted by molar-refractivity contribution is -0.129. The summed E-state index contributed by atoms with van der Waals surface area (Å²) < 4.78 is 4.95. The van der Waals surface area contributed by atoms with Gasteiger partial charge in [-0.1, -0.05) is 19.1 Å². The van der Waals surface area contributed by atoms with Crippen LogP contribution in [-0.2, 0) is 16.0 Å². The molecule has 0 bridgehead atoms. The third kappa shape index (κ3) is 5.88. The van der Waals surface area contributed by atoms with Crippen LogP contribution in [0.25, 0.3) is 0 Å². The van der Waals surface area contributed by atoms with E-state index in [1.165, 1.54) is 19.3 Å². The lowest BCUT2D eigenvalue weighted by atomic mass is 9.96. The Morgan fingerprint density at radius 1 is 1.36 bits per heavy atom. The molecule has 1 aromatic carbocycles. The molecule has 0 saturated heterocycles. The van der Waals surface area contributed by atoms with E-state index in [4.69, 9.17) is 4.74 Å². The Balaban J connectivity index is 2.69. The highest BCUT2D eigenvalue weighted by Gasteiger charge is 2.26. The summed E-state index contributed by atoms with van der Waals surface area (Å²) in [5.74, 6) is -0.967. The van der Waals surface area contributed by atoms with Gasteiger partial charge in [0.1, 0.15) is 6.29 Å². The van der Waals surface area contributed by atoms with E-state index in [2.05, 4.69) is 11.9 Å². The van der Waals surface area contributed by atoms with Crippen molar-refractivity contribution in [1.82, 2.24) is 5.32 Å². The smallest absolute Gasteiger partial charge is 0.226 e. The van der Waals surface area contributed by atoms with Gasteiger partial charge >= 0.3 is 0 Å². The molecular formula is C18H25NO6. The number of methoxy groups -OCH3 is 1. The van der Waals surface area contributed by atoms with Crippen LogP contribution in [0.3, 0.4) is 0 Å². The molecule has 0 heterocycles. The number of phenolic OH excluding ortho intramolecular Hbond substituents is 1. The second kappa shape index (κ2) is 9.80. The fourth-order valence-corrected chi connectivity index (χ4v) is 2.31. The number of aldehydes is 1. The first kappa shape index (κ1) is 20.7. The first-order valence-electron chi connectivity index (χ1n) is 7.92. The minimum Gasteiger partial charge on any atom is -0.504 e. The number of phenols is 1. The number of aliphatic hydroxyl groups excluding tert-OH is 2. The van der Waals surface area contributed by atoms with E-state index in [-0.39, 0.29) is 18.6 Å². The lowest BCUT2D eigenvalue weighted by Gasteiger charge is -2.24. The van der Waals surface area contributed by atoms with Gasteiger partial charge in [0.2, 0.25) is 5.91 Å². The Bertz CT molecular complexity index is 603. The van der Waals surface area contributed by atoms with Crippen LogP contribution >= 0.6 is 0 Å². The molecule has 0 aromatic heterocycles. The fourth-order valence-electron chi connectivity index (χ4n) is 2.31. The summed E-state index contributed by atoms with van der Waals surface area (Å²) in [5.41, 5.74) is 0.645. The van der Waals surface area contributed by atoms with Gasteiger partial charge in [-0.3, -0.25) is 4.79 Å². The summed E-state index contributed by atoms with van der Waals surface area (Å²) in [6.45, 7) is 5.07. The van der Waals surface area contributed by atoms with Crippen LogP contribution in [0.4, 0.5) is 0 Å². The van der Waals surface area contributed by atoms with Crippen molar-refractivity contribution in [3.8, 4) is 11.5 Å². The Morgan fingerprint density at radius 2 is 2.04 bits per heavy atom. The van der Waals surface area contributed by atoms with E-state index in [1.54, 1.807) is 19.1 Å². The van der Waals surface area contributed by atoms with Crippen molar-refractivity contribution in [2.75, 3.05) is 7.11 Å². The molecule has 138 valence electrons. The van der Waals surface area contributed by atoms with Crippen molar-refractivity contribution in [2.45, 2.75) is 38.0 Å². The van der Waals surface area contributed by atoms with Crippen molar-refractivity contribution in [2.24, 2.45) is 5.92 Å². The molecule has 0 aliphatic rings. The number of rotatable bonds is 10. The zero-order valence-corrected chi connectivity index (χ0v) is 14.4. The number of aromatic hydroxyl groups is 1. The van der Waals surface area contributed by atoms with Crippen molar-refractivity contribution >= 4 is 12.2 Å². The molecule has 4 N–H and O–H groups in total. The topological polar surface area (TPSA) is 116 Å². The standard InChI is InChI=1S/C18H25NO6/c1-4-13(14(21)7-8-20)19-18(24)11(2)15(22)9-12-5-6-17(25-3)16(23)10-12/h4-6,8,10-11,13-15,21-23H,1,7,9H2,2-3H3,(H,19,24)/t11-,13+,14+,15+/m0/s1. The fraction of sp³-hybridized carbons (Fsp3) is 0.444. The maximum absolute atomic E-state index is 12.2. The summed E-state index contributed by atoms with van der Waals surface area (Å²) in [6, 6.07) is 3.95. The van der Waals surface area contributed by atoms with Gasteiger partial charge in [-0.25, -0.2) is 0 Å². The summed E-state index contributed by atoms with van der Waals surface area (Å²) in [6.07, 6.45) is -0.141. The minimum atomic E-state index is -1.07. The van der Waals surface area contributed by atoms with Crippen LogP contribution in [0.2, 0.25) is 0 Å². The summed E-state index contributed by atoms with van der Waals surface area (Å²) in [4.78, 5) is 22.7. The monoisotopic (exact) mass is 351 g/mol. The highest BCUT2D eigenvalue weighted by molar-refractivity contribution is 5.79. The molecule has 0 unspecified atom stereocenters. The van der Waals surface area contributed by atoms with E-state index in [1.807, 2.05) is 0 Å². The molecule has 0 radical (unpaired) electrons. The van der Waals surface area contributed by atoms with Crippen LogP contribution in [0, 0.1) is 5.92 Å². The highest BCUT2D eigenvalue weighted by atomic mass is 16.5. The SMILES string of the molecule is C=C[C@@H](NC(=O)[C@@H](C)[C@H](O)Cc1ccc(OC)c(O)c1)[C@H](O)CC=O. The minimum absolute atomic E-state index is 0.0481. The van der Waals surface area contributed by atoms with Crippen LogP contribution in [-0.4, -0.2) is 52.9 Å². The third-order valence-electron chi connectivity index (χ3n) is 3.99. The average molecular weight is 351 g/mol. The highest BCUT2D eigenvalue weighted by Crippen LogP contribution is 2.27. The summed E-state index contributed by atoms with van der Waals surface area (Å²) in [5, 5.41) is 32.4. The second-order valence-corrected chi connectivity index (χ2v) is 5.81. The zero-order chi connectivity index (χ0) is 19.0. The normalized spacial score (nSPS) is 15.5. The summed E-state index contributed by atoms with van der Waals surface area (Å²) in [7, 11) is 1.44. The number of carbonyl (C=O) groups excluding carboxylic acids is 2. The maximum Gasteiger partial charge on any atom is 0.226 e. The Labute approximate surface area is 146 Å². The quantitative estimate of drug-likeness (QED) is 0.362.